The molecule has 0 bridgehead atoms. The number of hydrogen-bond donors (Lipinski definition) is 1. The molecule has 3 aromatic carbocycles. The Morgan fingerprint density at radius 1 is 1.05 bits per heavy atom. The van der Waals surface area contributed by atoms with Gasteiger partial charge in [-0.3, -0.25) is 9.69 Å². The van der Waals surface area contributed by atoms with Gasteiger partial charge in [-0.05, 0) is 73.4 Å². The van der Waals surface area contributed by atoms with Gasteiger partial charge < -0.3 is 14.7 Å². The average molecular weight is 568 g/mol. The third-order valence-electron chi connectivity index (χ3n) is 8.18. The molecule has 0 radical (unpaired) electrons. The van der Waals surface area contributed by atoms with Crippen molar-refractivity contribution in [1.82, 2.24) is 10.1 Å². The molecule has 7 heteroatoms. The molecule has 2 atom stereocenters. The van der Waals surface area contributed by atoms with E-state index in [-0.39, 0.29) is 23.8 Å². The molecule has 2 aromatic heterocycles. The van der Waals surface area contributed by atoms with Crippen LogP contribution in [0.15, 0.2) is 81.7 Å². The maximum atomic E-state index is 13.5. The summed E-state index contributed by atoms with van der Waals surface area (Å²) < 4.78 is 11.9. The fraction of sp³-hybridized carbons (Fsp3) is 0.294. The van der Waals surface area contributed by atoms with Crippen molar-refractivity contribution in [1.29, 1.82) is 0 Å². The van der Waals surface area contributed by atoms with Crippen LogP contribution >= 0.6 is 11.6 Å². The van der Waals surface area contributed by atoms with Crippen molar-refractivity contribution >= 4 is 28.4 Å². The van der Waals surface area contributed by atoms with Gasteiger partial charge in [0.25, 0.3) is 0 Å². The number of rotatable bonds is 9. The van der Waals surface area contributed by atoms with E-state index in [1.54, 1.807) is 0 Å². The predicted molar refractivity (Wildman–Crippen MR) is 161 cm³/mol. The Labute approximate surface area is 245 Å². The van der Waals surface area contributed by atoms with Crippen LogP contribution in [0.4, 0.5) is 0 Å². The Morgan fingerprint density at radius 3 is 2.51 bits per heavy atom. The summed E-state index contributed by atoms with van der Waals surface area (Å²) in [6.07, 6.45) is 0.755. The zero-order chi connectivity index (χ0) is 28.7. The van der Waals surface area contributed by atoms with Gasteiger partial charge in [-0.15, -0.1) is 0 Å². The Balaban J connectivity index is 1.26. The molecule has 5 aromatic rings. The third kappa shape index (κ3) is 5.60. The molecule has 2 unspecified atom stereocenters. The molecule has 0 amide bonds. The van der Waals surface area contributed by atoms with Crippen molar-refractivity contribution < 1.29 is 13.7 Å². The lowest BCUT2D eigenvalue weighted by Gasteiger charge is -2.41. The maximum absolute atomic E-state index is 13.5. The van der Waals surface area contributed by atoms with E-state index in [1.165, 1.54) is 0 Å². The lowest BCUT2D eigenvalue weighted by molar-refractivity contribution is -0.118. The number of fused-ring (bicyclic) bond motifs is 1. The Morgan fingerprint density at radius 2 is 1.83 bits per heavy atom. The quantitative estimate of drug-likeness (QED) is 0.205. The molecular formula is C34H34ClN3O3. The highest BCUT2D eigenvalue weighted by Crippen LogP contribution is 2.38. The lowest BCUT2D eigenvalue weighted by Crippen LogP contribution is -2.56. The molecule has 0 spiro atoms. The van der Waals surface area contributed by atoms with Crippen LogP contribution in [0.25, 0.3) is 11.0 Å². The average Bonchev–Trinajstić information content (AvgIpc) is 3.50. The second kappa shape index (κ2) is 11.3. The topological polar surface area (TPSA) is 85.5 Å². The van der Waals surface area contributed by atoms with Crippen molar-refractivity contribution in [3.63, 3.8) is 0 Å². The van der Waals surface area contributed by atoms with Gasteiger partial charge in [-0.25, -0.2) is 0 Å². The van der Waals surface area contributed by atoms with Crippen molar-refractivity contribution in [2.24, 2.45) is 5.73 Å². The van der Waals surface area contributed by atoms with E-state index in [0.29, 0.717) is 17.9 Å². The lowest BCUT2D eigenvalue weighted by atomic mass is 9.84. The van der Waals surface area contributed by atoms with Crippen LogP contribution in [0.1, 0.15) is 63.4 Å². The van der Waals surface area contributed by atoms with Crippen molar-refractivity contribution in [3.8, 4) is 0 Å². The molecule has 1 fully saturated rings. The maximum Gasteiger partial charge on any atom is 0.139 e. The molecular weight excluding hydrogens is 534 g/mol. The summed E-state index contributed by atoms with van der Waals surface area (Å²) in [5.41, 5.74) is 13.1. The largest absolute Gasteiger partial charge is 0.459 e. The first-order valence-corrected chi connectivity index (χ1v) is 14.4. The zero-order valence-corrected chi connectivity index (χ0v) is 24.3. The molecule has 0 aliphatic carbocycles. The molecule has 2 N–H and O–H groups in total. The second-order valence-corrected chi connectivity index (χ2v) is 11.7. The monoisotopic (exact) mass is 567 g/mol. The summed E-state index contributed by atoms with van der Waals surface area (Å²) >= 11 is 6.24. The van der Waals surface area contributed by atoms with Crippen LogP contribution in [0.2, 0.25) is 5.02 Å². The summed E-state index contributed by atoms with van der Waals surface area (Å²) in [6.45, 7) is 7.50. The molecule has 1 saturated heterocycles. The number of likely N-dealkylation sites (tertiary alicyclic amines) is 1. The van der Waals surface area contributed by atoms with Gasteiger partial charge in [-0.2, -0.15) is 0 Å². The number of nitrogens with two attached hydrogens (primary N) is 1. The Hall–Kier alpha value is -3.71. The highest BCUT2D eigenvalue weighted by molar-refractivity contribution is 6.30. The first-order chi connectivity index (χ1) is 19.8. The molecule has 6 rings (SSSR count). The number of hydrogen-bond acceptors (Lipinski definition) is 6. The van der Waals surface area contributed by atoms with Crippen LogP contribution in [0.3, 0.4) is 0 Å². The summed E-state index contributed by atoms with van der Waals surface area (Å²) in [4.78, 5) is 15.8. The smallest absolute Gasteiger partial charge is 0.139 e. The number of aryl methyl sites for hydroxylation is 3. The van der Waals surface area contributed by atoms with Crippen LogP contribution in [-0.4, -0.2) is 35.0 Å². The number of benzene rings is 3. The number of aromatic nitrogens is 1. The van der Waals surface area contributed by atoms with Crippen LogP contribution < -0.4 is 5.73 Å². The Kier molecular flexibility index (Phi) is 7.56. The first kappa shape index (κ1) is 27.5. The molecule has 3 heterocycles. The number of furan rings is 1. The fourth-order valence-electron chi connectivity index (χ4n) is 6.15. The van der Waals surface area contributed by atoms with E-state index < -0.39 is 0 Å². The number of ketones is 1. The first-order valence-electron chi connectivity index (χ1n) is 14.0. The highest BCUT2D eigenvalue weighted by Gasteiger charge is 2.37. The van der Waals surface area contributed by atoms with Gasteiger partial charge in [0.2, 0.25) is 0 Å². The van der Waals surface area contributed by atoms with Gasteiger partial charge in [0.05, 0.1) is 11.7 Å². The van der Waals surface area contributed by atoms with Gasteiger partial charge in [-0.1, -0.05) is 59.2 Å². The number of halogens is 1. The fourth-order valence-corrected chi connectivity index (χ4v) is 6.38. The molecule has 1 aliphatic rings. The summed E-state index contributed by atoms with van der Waals surface area (Å²) in [5, 5.41) is 5.85. The Bertz CT molecular complexity index is 1680. The van der Waals surface area contributed by atoms with E-state index in [4.69, 9.17) is 26.3 Å². The standard InChI is InChI=1S/C34H34ClN3O3/c1-20-13-26(35)10-11-29(20)30(24-7-5-4-6-8-24)17-28(39)15-23-9-12-31-25(14-23)16-32(40-31)34(38-18-27(36)19-38)33-21(2)37-41-22(33)3/h4-14,16,27,30,34H,15,17-19,36H2,1-3H3. The number of carbonyl (C=O) groups is 1. The molecule has 41 heavy (non-hydrogen) atoms. The van der Waals surface area contributed by atoms with Gasteiger partial charge in [0.15, 0.2) is 0 Å². The predicted octanol–water partition coefficient (Wildman–Crippen LogP) is 7.07. The third-order valence-corrected chi connectivity index (χ3v) is 8.41. The molecule has 6 nitrogen and oxygen atoms in total. The molecule has 0 saturated carbocycles. The molecule has 210 valence electrons. The summed E-state index contributed by atoms with van der Waals surface area (Å²) in [6, 6.07) is 24.3. The molecule has 1 aliphatic heterocycles. The van der Waals surface area contributed by atoms with E-state index in [2.05, 4.69) is 41.2 Å². The van der Waals surface area contributed by atoms with Crippen molar-refractivity contribution in [2.75, 3.05) is 13.1 Å². The summed E-state index contributed by atoms with van der Waals surface area (Å²) in [7, 11) is 0. The number of Topliss-reactive ketones (excluding diaryl/α,β-unsaturated/α-hetero) is 1. The zero-order valence-electron chi connectivity index (χ0n) is 23.6. The minimum atomic E-state index is -0.118. The normalized spacial score (nSPS) is 15.6. The van der Waals surface area contributed by atoms with Crippen LogP contribution in [0, 0.1) is 20.8 Å². The van der Waals surface area contributed by atoms with Gasteiger partial charge in [0.1, 0.15) is 22.9 Å². The van der Waals surface area contributed by atoms with Gasteiger partial charge in [0, 0.05) is 53.9 Å². The van der Waals surface area contributed by atoms with Crippen molar-refractivity contribution in [3.05, 3.63) is 123 Å². The second-order valence-electron chi connectivity index (χ2n) is 11.3. The summed E-state index contributed by atoms with van der Waals surface area (Å²) in [5.74, 6) is 1.75. The van der Waals surface area contributed by atoms with E-state index in [0.717, 1.165) is 69.1 Å². The highest BCUT2D eigenvalue weighted by atomic mass is 35.5. The number of carbonyl (C=O) groups excluding carboxylic acids is 1. The van der Waals surface area contributed by atoms with E-state index in [1.807, 2.05) is 62.4 Å². The number of nitrogens with zero attached hydrogens (tertiary/aromatic N) is 2. The van der Waals surface area contributed by atoms with Gasteiger partial charge >= 0.3 is 0 Å². The van der Waals surface area contributed by atoms with Crippen LogP contribution in [-0.2, 0) is 11.2 Å². The van der Waals surface area contributed by atoms with E-state index >= 15 is 0 Å². The minimum Gasteiger partial charge on any atom is -0.459 e. The van der Waals surface area contributed by atoms with Crippen molar-refractivity contribution in [2.45, 2.75) is 51.6 Å². The van der Waals surface area contributed by atoms with Crippen LogP contribution in [0.5, 0.6) is 0 Å². The SMILES string of the molecule is Cc1cc(Cl)ccc1C(CC(=O)Cc1ccc2oc(C(c3c(C)noc3C)N3CC(N)C3)cc2c1)c1ccccc1. The minimum absolute atomic E-state index is 0.0380. The van der Waals surface area contributed by atoms with E-state index in [9.17, 15) is 4.79 Å².